The van der Waals surface area contributed by atoms with E-state index in [1.165, 1.54) is 0 Å². The van der Waals surface area contributed by atoms with E-state index >= 15 is 0 Å². The summed E-state index contributed by atoms with van der Waals surface area (Å²) in [5, 5.41) is 5.82. The highest BCUT2D eigenvalue weighted by molar-refractivity contribution is 5.92. The Labute approximate surface area is 226 Å². The van der Waals surface area contributed by atoms with E-state index in [0.29, 0.717) is 63.7 Å². The van der Waals surface area contributed by atoms with Gasteiger partial charge in [0.2, 0.25) is 11.8 Å². The van der Waals surface area contributed by atoms with Crippen LogP contribution in [0.3, 0.4) is 0 Å². The lowest BCUT2D eigenvalue weighted by Gasteiger charge is -2.34. The summed E-state index contributed by atoms with van der Waals surface area (Å²) in [5.41, 5.74) is 1.24. The summed E-state index contributed by atoms with van der Waals surface area (Å²) >= 11 is 0. The molecule has 38 heavy (non-hydrogen) atoms. The molecule has 1 aromatic rings. The van der Waals surface area contributed by atoms with Crippen molar-refractivity contribution < 1.29 is 19.2 Å². The molecule has 10 heteroatoms. The number of nitrogens with one attached hydrogen (secondary N) is 2. The Hall–Kier alpha value is -3.30. The van der Waals surface area contributed by atoms with Crippen molar-refractivity contribution in [3.05, 3.63) is 24.3 Å². The van der Waals surface area contributed by atoms with Gasteiger partial charge in [-0.2, -0.15) is 0 Å². The molecule has 0 aliphatic carbocycles. The normalized spacial score (nSPS) is 19.5. The van der Waals surface area contributed by atoms with Gasteiger partial charge in [0.15, 0.2) is 0 Å². The van der Waals surface area contributed by atoms with E-state index in [1.54, 1.807) is 34.1 Å². The Morgan fingerprint density at radius 1 is 0.684 bits per heavy atom. The number of urea groups is 2. The molecule has 3 rings (SSSR count). The van der Waals surface area contributed by atoms with Crippen LogP contribution in [-0.2, 0) is 9.59 Å². The van der Waals surface area contributed by atoms with Crippen LogP contribution in [0.25, 0.3) is 0 Å². The van der Waals surface area contributed by atoms with Crippen molar-refractivity contribution in [3.63, 3.8) is 0 Å². The molecule has 2 aliphatic heterocycles. The van der Waals surface area contributed by atoms with Crippen LogP contribution >= 0.6 is 0 Å². The van der Waals surface area contributed by atoms with Crippen LogP contribution in [0.4, 0.5) is 21.0 Å². The molecule has 6 amide bonds. The Morgan fingerprint density at radius 2 is 1.03 bits per heavy atom. The molecule has 0 aromatic heterocycles. The van der Waals surface area contributed by atoms with Crippen molar-refractivity contribution in [1.82, 2.24) is 19.6 Å². The second-order valence-electron chi connectivity index (χ2n) is 10.0. The Kier molecular flexibility index (Phi) is 10.8. The van der Waals surface area contributed by atoms with Crippen molar-refractivity contribution in [2.75, 3.05) is 63.0 Å². The highest BCUT2D eigenvalue weighted by atomic mass is 16.2. The van der Waals surface area contributed by atoms with Gasteiger partial charge in [0.1, 0.15) is 0 Å². The van der Waals surface area contributed by atoms with E-state index in [9.17, 15) is 19.2 Å². The summed E-state index contributed by atoms with van der Waals surface area (Å²) in [7, 11) is 0. The van der Waals surface area contributed by atoms with Crippen LogP contribution in [0, 0.1) is 11.8 Å². The molecule has 0 spiro atoms. The van der Waals surface area contributed by atoms with Gasteiger partial charge >= 0.3 is 12.1 Å². The molecule has 0 radical (unpaired) electrons. The molecular formula is C28H44N6O4. The second kappa shape index (κ2) is 14.0. The number of anilines is 2. The zero-order valence-electron chi connectivity index (χ0n) is 23.4. The van der Waals surface area contributed by atoms with E-state index in [-0.39, 0.29) is 35.7 Å². The first kappa shape index (κ1) is 29.3. The number of nitrogens with zero attached hydrogens (tertiary/aromatic N) is 4. The molecule has 2 fully saturated rings. The van der Waals surface area contributed by atoms with Gasteiger partial charge in [-0.1, -0.05) is 0 Å². The van der Waals surface area contributed by atoms with Gasteiger partial charge in [-0.15, -0.1) is 0 Å². The van der Waals surface area contributed by atoms with Crippen molar-refractivity contribution in [2.24, 2.45) is 11.8 Å². The topological polar surface area (TPSA) is 105 Å². The summed E-state index contributed by atoms with van der Waals surface area (Å²) in [6.45, 7) is 12.7. The number of carbonyl (C=O) groups excluding carboxylic acids is 4. The van der Waals surface area contributed by atoms with E-state index < -0.39 is 0 Å². The fourth-order valence-corrected chi connectivity index (χ4v) is 5.36. The maximum absolute atomic E-state index is 12.9. The predicted molar refractivity (Wildman–Crippen MR) is 149 cm³/mol. The lowest BCUT2D eigenvalue weighted by Crippen LogP contribution is -2.48. The first-order chi connectivity index (χ1) is 18.3. The minimum atomic E-state index is -0.226. The lowest BCUT2D eigenvalue weighted by molar-refractivity contribution is -0.137. The van der Waals surface area contributed by atoms with Crippen molar-refractivity contribution in [3.8, 4) is 0 Å². The van der Waals surface area contributed by atoms with Gasteiger partial charge in [0.05, 0.1) is 11.8 Å². The minimum absolute atomic E-state index is 0.116. The first-order valence-corrected chi connectivity index (χ1v) is 14.1. The summed E-state index contributed by atoms with van der Waals surface area (Å²) in [5.74, 6) is -0.0950. The third-order valence-electron chi connectivity index (χ3n) is 7.65. The van der Waals surface area contributed by atoms with Crippen LogP contribution in [0.2, 0.25) is 0 Å². The maximum Gasteiger partial charge on any atom is 0.321 e. The molecular weight excluding hydrogens is 484 g/mol. The zero-order chi connectivity index (χ0) is 27.7. The van der Waals surface area contributed by atoms with Gasteiger partial charge in [-0.05, 0) is 77.6 Å². The summed E-state index contributed by atoms with van der Waals surface area (Å²) in [6, 6.07) is 6.54. The van der Waals surface area contributed by atoms with Gasteiger partial charge in [0.25, 0.3) is 0 Å². The Bertz CT molecular complexity index is 884. The smallest absolute Gasteiger partial charge is 0.321 e. The largest absolute Gasteiger partial charge is 0.343 e. The summed E-state index contributed by atoms with van der Waals surface area (Å²) < 4.78 is 0. The van der Waals surface area contributed by atoms with Crippen LogP contribution in [0.15, 0.2) is 24.3 Å². The molecule has 0 unspecified atom stereocenters. The standard InChI is InChI=1S/C28H44N6O4/c1-5-31(6-2)25(35)21-11-9-17-33(19-21)27(37)29-23-13-15-24(16-14-23)30-28(38)34-18-10-12-22(20-34)26(36)32(7-3)8-4/h13-16,21-22H,5-12,17-20H2,1-4H3,(H,29,37)(H,30,38)/t21-,22+. The minimum Gasteiger partial charge on any atom is -0.343 e. The van der Waals surface area contributed by atoms with Crippen molar-refractivity contribution in [1.29, 1.82) is 0 Å². The average molecular weight is 529 g/mol. The molecule has 2 atom stereocenters. The quantitative estimate of drug-likeness (QED) is 0.534. The molecule has 210 valence electrons. The number of carbonyl (C=O) groups is 4. The number of amides is 6. The second-order valence-corrected chi connectivity index (χ2v) is 10.0. The van der Waals surface area contributed by atoms with Gasteiger partial charge in [-0.25, -0.2) is 9.59 Å². The lowest BCUT2D eigenvalue weighted by atomic mass is 9.96. The third-order valence-corrected chi connectivity index (χ3v) is 7.65. The van der Waals surface area contributed by atoms with Gasteiger partial charge in [-0.3, -0.25) is 9.59 Å². The van der Waals surface area contributed by atoms with E-state index in [1.807, 2.05) is 37.5 Å². The number of piperidine rings is 2. The number of hydrogen-bond acceptors (Lipinski definition) is 4. The molecule has 2 heterocycles. The number of hydrogen-bond donors (Lipinski definition) is 2. The van der Waals surface area contributed by atoms with Gasteiger partial charge < -0.3 is 30.2 Å². The summed E-state index contributed by atoms with van der Waals surface area (Å²) in [6.07, 6.45) is 3.20. The molecule has 2 N–H and O–H groups in total. The van der Waals surface area contributed by atoms with Crippen molar-refractivity contribution in [2.45, 2.75) is 53.4 Å². The average Bonchev–Trinajstić information content (AvgIpc) is 2.95. The zero-order valence-corrected chi connectivity index (χ0v) is 23.4. The fraction of sp³-hybridized carbons (Fsp3) is 0.643. The predicted octanol–water partition coefficient (Wildman–Crippen LogP) is 3.91. The van der Waals surface area contributed by atoms with E-state index in [0.717, 1.165) is 25.7 Å². The molecule has 0 saturated carbocycles. The molecule has 0 bridgehead atoms. The maximum atomic E-state index is 12.9. The van der Waals surface area contributed by atoms with Crippen LogP contribution in [0.1, 0.15) is 53.4 Å². The van der Waals surface area contributed by atoms with E-state index in [2.05, 4.69) is 10.6 Å². The first-order valence-electron chi connectivity index (χ1n) is 14.1. The molecule has 2 saturated heterocycles. The highest BCUT2D eigenvalue weighted by Crippen LogP contribution is 2.22. The highest BCUT2D eigenvalue weighted by Gasteiger charge is 2.31. The molecule has 2 aliphatic rings. The van der Waals surface area contributed by atoms with Gasteiger partial charge in [0, 0.05) is 63.7 Å². The monoisotopic (exact) mass is 528 g/mol. The fourth-order valence-electron chi connectivity index (χ4n) is 5.36. The Balaban J connectivity index is 1.51. The third kappa shape index (κ3) is 7.39. The molecule has 1 aromatic carbocycles. The SMILES string of the molecule is CCN(CC)C(=O)[C@@H]1CCCN(C(=O)Nc2ccc(NC(=O)N3CCC[C@H](C(=O)N(CC)CC)C3)cc2)C1. The van der Waals surface area contributed by atoms with Crippen LogP contribution < -0.4 is 10.6 Å². The number of rotatable bonds is 8. The van der Waals surface area contributed by atoms with Crippen LogP contribution in [0.5, 0.6) is 0 Å². The Morgan fingerprint density at radius 3 is 1.34 bits per heavy atom. The van der Waals surface area contributed by atoms with Crippen LogP contribution in [-0.4, -0.2) is 95.8 Å². The molecule has 10 nitrogen and oxygen atoms in total. The summed E-state index contributed by atoms with van der Waals surface area (Å²) in [4.78, 5) is 58.3. The van der Waals surface area contributed by atoms with E-state index in [4.69, 9.17) is 0 Å². The van der Waals surface area contributed by atoms with Crippen molar-refractivity contribution >= 4 is 35.3 Å². The number of benzene rings is 1. The number of likely N-dealkylation sites (tertiary alicyclic amines) is 2.